The molecule has 0 bridgehead atoms. The zero-order valence-electron chi connectivity index (χ0n) is 9.47. The average Bonchev–Trinajstić information content (AvgIpc) is 2.85. The largest absolute Gasteiger partial charge is 0.337 e. The van der Waals surface area contributed by atoms with Gasteiger partial charge in [0.15, 0.2) is 0 Å². The van der Waals surface area contributed by atoms with Crippen LogP contribution in [0.3, 0.4) is 0 Å². The van der Waals surface area contributed by atoms with Gasteiger partial charge in [-0.05, 0) is 5.41 Å². The van der Waals surface area contributed by atoms with Crippen LogP contribution in [0.15, 0.2) is 15.4 Å². The lowest BCUT2D eigenvalue weighted by Crippen LogP contribution is -2.26. The molecule has 0 saturated carbocycles. The summed E-state index contributed by atoms with van der Waals surface area (Å²) in [5, 5.41) is 5.74. The number of rotatable bonds is 2. The van der Waals surface area contributed by atoms with Crippen LogP contribution in [0.25, 0.3) is 11.5 Å². The van der Waals surface area contributed by atoms with Crippen molar-refractivity contribution in [3.8, 4) is 11.5 Å². The van der Waals surface area contributed by atoms with Crippen LogP contribution < -0.4 is 5.73 Å². The van der Waals surface area contributed by atoms with E-state index < -0.39 is 0 Å². The normalized spacial score (nSPS) is 14.0. The summed E-state index contributed by atoms with van der Waals surface area (Å²) in [5.74, 6) is 0.950. The Labute approximate surface area is 97.7 Å². The molecule has 0 aliphatic carbocycles. The SMILES string of the molecule is CC(C)(C)[C@H](N)c1nc(-c2cscn2)no1. The Balaban J connectivity index is 2.27. The first-order valence-corrected chi connectivity index (χ1v) is 5.90. The Morgan fingerprint density at radius 2 is 2.19 bits per heavy atom. The molecule has 0 aliphatic rings. The summed E-state index contributed by atoms with van der Waals surface area (Å²) >= 11 is 1.49. The van der Waals surface area contributed by atoms with Crippen LogP contribution in [-0.4, -0.2) is 15.1 Å². The molecule has 2 aromatic rings. The first-order chi connectivity index (χ1) is 7.48. The molecule has 0 fully saturated rings. The molecule has 0 aromatic carbocycles. The molecule has 0 amide bonds. The number of nitrogens with two attached hydrogens (primary N) is 1. The van der Waals surface area contributed by atoms with Gasteiger partial charge in [0.1, 0.15) is 5.69 Å². The highest BCUT2D eigenvalue weighted by Gasteiger charge is 2.27. The van der Waals surface area contributed by atoms with Crippen molar-refractivity contribution in [2.45, 2.75) is 26.8 Å². The molecule has 6 heteroatoms. The lowest BCUT2D eigenvalue weighted by Gasteiger charge is -2.23. The van der Waals surface area contributed by atoms with E-state index in [-0.39, 0.29) is 11.5 Å². The van der Waals surface area contributed by atoms with E-state index in [9.17, 15) is 0 Å². The van der Waals surface area contributed by atoms with Crippen LogP contribution in [0.1, 0.15) is 32.7 Å². The summed E-state index contributed by atoms with van der Waals surface area (Å²) in [6, 6.07) is -0.271. The third-order valence-corrected chi connectivity index (χ3v) is 2.89. The lowest BCUT2D eigenvalue weighted by atomic mass is 9.87. The van der Waals surface area contributed by atoms with Gasteiger partial charge < -0.3 is 10.3 Å². The molecule has 0 radical (unpaired) electrons. The third-order valence-electron chi connectivity index (χ3n) is 2.30. The van der Waals surface area contributed by atoms with Crippen molar-refractivity contribution in [2.24, 2.45) is 11.1 Å². The molecule has 16 heavy (non-hydrogen) atoms. The van der Waals surface area contributed by atoms with Gasteiger partial charge >= 0.3 is 0 Å². The van der Waals surface area contributed by atoms with E-state index in [1.165, 1.54) is 11.3 Å². The summed E-state index contributed by atoms with van der Waals surface area (Å²) in [7, 11) is 0. The summed E-state index contributed by atoms with van der Waals surface area (Å²) in [4.78, 5) is 8.37. The van der Waals surface area contributed by atoms with Crippen LogP contribution in [0.2, 0.25) is 0 Å². The second-order valence-corrected chi connectivity index (χ2v) is 5.39. The maximum Gasteiger partial charge on any atom is 0.244 e. The Kier molecular flexibility index (Phi) is 2.77. The van der Waals surface area contributed by atoms with Gasteiger partial charge in [0.2, 0.25) is 11.7 Å². The van der Waals surface area contributed by atoms with Crippen molar-refractivity contribution in [2.75, 3.05) is 0 Å². The lowest BCUT2D eigenvalue weighted by molar-refractivity contribution is 0.253. The van der Waals surface area contributed by atoms with E-state index in [2.05, 4.69) is 15.1 Å². The smallest absolute Gasteiger partial charge is 0.244 e. The van der Waals surface area contributed by atoms with E-state index in [0.717, 1.165) is 5.69 Å². The van der Waals surface area contributed by atoms with Gasteiger partial charge in [-0.15, -0.1) is 11.3 Å². The zero-order valence-corrected chi connectivity index (χ0v) is 10.3. The van der Waals surface area contributed by atoms with Crippen molar-refractivity contribution >= 4 is 11.3 Å². The average molecular weight is 238 g/mol. The minimum atomic E-state index is -0.271. The molecular formula is C10H14N4OS. The van der Waals surface area contributed by atoms with Crippen LogP contribution in [-0.2, 0) is 0 Å². The molecule has 0 saturated heterocycles. The Morgan fingerprint density at radius 1 is 1.44 bits per heavy atom. The second kappa shape index (κ2) is 3.95. The molecule has 0 unspecified atom stereocenters. The predicted octanol–water partition coefficient (Wildman–Crippen LogP) is 2.24. The van der Waals surface area contributed by atoms with Crippen LogP contribution in [0, 0.1) is 5.41 Å². The fourth-order valence-corrected chi connectivity index (χ4v) is 1.69. The zero-order chi connectivity index (χ0) is 11.8. The van der Waals surface area contributed by atoms with E-state index in [1.807, 2.05) is 26.2 Å². The molecule has 86 valence electrons. The van der Waals surface area contributed by atoms with Gasteiger partial charge in [-0.2, -0.15) is 4.98 Å². The first kappa shape index (κ1) is 11.2. The van der Waals surface area contributed by atoms with Crippen molar-refractivity contribution in [3.05, 3.63) is 16.8 Å². The fourth-order valence-electron chi connectivity index (χ4n) is 1.16. The van der Waals surface area contributed by atoms with Gasteiger partial charge in [-0.3, -0.25) is 0 Å². The van der Waals surface area contributed by atoms with Crippen LogP contribution in [0.5, 0.6) is 0 Å². The van der Waals surface area contributed by atoms with E-state index in [1.54, 1.807) is 5.51 Å². The van der Waals surface area contributed by atoms with Gasteiger partial charge in [0.25, 0.3) is 0 Å². The van der Waals surface area contributed by atoms with Crippen molar-refractivity contribution in [1.82, 2.24) is 15.1 Å². The van der Waals surface area contributed by atoms with E-state index in [4.69, 9.17) is 10.3 Å². The number of hydrogen-bond acceptors (Lipinski definition) is 6. The van der Waals surface area contributed by atoms with Crippen molar-refractivity contribution in [1.29, 1.82) is 0 Å². The molecule has 5 nitrogen and oxygen atoms in total. The Hall–Kier alpha value is -1.27. The van der Waals surface area contributed by atoms with Crippen molar-refractivity contribution < 1.29 is 4.52 Å². The summed E-state index contributed by atoms with van der Waals surface area (Å²) in [6.45, 7) is 6.10. The quantitative estimate of drug-likeness (QED) is 0.868. The standard InChI is InChI=1S/C10H14N4OS/c1-10(2,3)7(11)9-13-8(14-15-9)6-4-16-5-12-6/h4-5,7H,11H2,1-3H3/t7-/m1/s1. The summed E-state index contributed by atoms with van der Waals surface area (Å²) < 4.78 is 5.16. The molecule has 2 heterocycles. The van der Waals surface area contributed by atoms with Gasteiger partial charge in [-0.25, -0.2) is 4.98 Å². The minimum Gasteiger partial charge on any atom is -0.337 e. The van der Waals surface area contributed by atoms with E-state index in [0.29, 0.717) is 11.7 Å². The van der Waals surface area contributed by atoms with Gasteiger partial charge in [0.05, 0.1) is 11.6 Å². The second-order valence-electron chi connectivity index (χ2n) is 4.67. The highest BCUT2D eigenvalue weighted by atomic mass is 32.1. The number of thiazole rings is 1. The fraction of sp³-hybridized carbons (Fsp3) is 0.500. The predicted molar refractivity (Wildman–Crippen MR) is 61.8 cm³/mol. The summed E-state index contributed by atoms with van der Waals surface area (Å²) in [6.07, 6.45) is 0. The van der Waals surface area contributed by atoms with Crippen LogP contribution >= 0.6 is 11.3 Å². The van der Waals surface area contributed by atoms with Gasteiger partial charge in [0, 0.05) is 5.38 Å². The van der Waals surface area contributed by atoms with Crippen LogP contribution in [0.4, 0.5) is 0 Å². The number of nitrogens with zero attached hydrogens (tertiary/aromatic N) is 3. The topological polar surface area (TPSA) is 77.8 Å². The Bertz CT molecular complexity index is 457. The summed E-state index contributed by atoms with van der Waals surface area (Å²) in [5.41, 5.74) is 8.37. The molecule has 2 rings (SSSR count). The third kappa shape index (κ3) is 2.12. The molecular weight excluding hydrogens is 224 g/mol. The molecule has 1 atom stereocenters. The van der Waals surface area contributed by atoms with Gasteiger partial charge in [-0.1, -0.05) is 25.9 Å². The molecule has 2 N–H and O–H groups in total. The first-order valence-electron chi connectivity index (χ1n) is 4.96. The maximum absolute atomic E-state index is 6.02. The maximum atomic E-state index is 6.02. The van der Waals surface area contributed by atoms with E-state index >= 15 is 0 Å². The van der Waals surface area contributed by atoms with Crippen molar-refractivity contribution in [3.63, 3.8) is 0 Å². The number of hydrogen-bond donors (Lipinski definition) is 1. The minimum absolute atomic E-state index is 0.105. The number of aromatic nitrogens is 3. The monoisotopic (exact) mass is 238 g/mol. The molecule has 0 aliphatic heterocycles. The molecule has 0 spiro atoms. The highest BCUT2D eigenvalue weighted by molar-refractivity contribution is 7.07. The molecule has 2 aromatic heterocycles. The Morgan fingerprint density at radius 3 is 2.75 bits per heavy atom. The highest BCUT2D eigenvalue weighted by Crippen LogP contribution is 2.30.